The van der Waals surface area contributed by atoms with Gasteiger partial charge in [0, 0.05) is 42.9 Å². The molecule has 0 aliphatic heterocycles. The first-order chi connectivity index (χ1) is 16.4. The van der Waals surface area contributed by atoms with Crippen LogP contribution in [0.4, 0.5) is 15.9 Å². The van der Waals surface area contributed by atoms with E-state index < -0.39 is 5.82 Å². The van der Waals surface area contributed by atoms with Crippen molar-refractivity contribution in [1.29, 1.82) is 5.26 Å². The van der Waals surface area contributed by atoms with Crippen LogP contribution in [-0.2, 0) is 4.74 Å². The average Bonchev–Trinajstić information content (AvgIpc) is 3.62. The van der Waals surface area contributed by atoms with Gasteiger partial charge in [-0.3, -0.25) is 0 Å². The second kappa shape index (κ2) is 10.9. The van der Waals surface area contributed by atoms with Gasteiger partial charge in [0.1, 0.15) is 16.8 Å². The molecule has 182 valence electrons. The lowest BCUT2D eigenvalue weighted by atomic mass is 9.90. The van der Waals surface area contributed by atoms with Crippen LogP contribution in [0.1, 0.15) is 45.4 Å². The molecule has 2 aliphatic carbocycles. The van der Waals surface area contributed by atoms with Crippen molar-refractivity contribution in [3.8, 4) is 17.2 Å². The molecule has 2 aromatic rings. The van der Waals surface area contributed by atoms with Gasteiger partial charge in [0.2, 0.25) is 0 Å². The molecule has 2 saturated carbocycles. The van der Waals surface area contributed by atoms with E-state index in [1.165, 1.54) is 6.20 Å². The predicted octanol–water partition coefficient (Wildman–Crippen LogP) is 5.00. The number of rotatable bonds is 10. The largest absolute Gasteiger partial charge is 0.383 e. The Bertz CT molecular complexity index is 1030. The maximum atomic E-state index is 14.8. The fraction of sp³-hybridized carbons (Fsp3) is 0.560. The highest BCUT2D eigenvalue weighted by molar-refractivity contribution is 6.32. The number of hydrogen-bond acceptors (Lipinski definition) is 7. The molecule has 0 bridgehead atoms. The zero-order valence-electron chi connectivity index (χ0n) is 19.7. The topological polar surface area (TPSA) is 94.9 Å². The van der Waals surface area contributed by atoms with Crippen LogP contribution in [0.5, 0.6) is 0 Å². The summed E-state index contributed by atoms with van der Waals surface area (Å²) in [5, 5.41) is 19.8. The Morgan fingerprint density at radius 1 is 1.18 bits per heavy atom. The molecule has 2 aliphatic rings. The zero-order valence-corrected chi connectivity index (χ0v) is 20.5. The summed E-state index contributed by atoms with van der Waals surface area (Å²) in [7, 11) is 1.72. The number of hydrogen-bond donors (Lipinski definition) is 3. The minimum atomic E-state index is -0.456. The summed E-state index contributed by atoms with van der Waals surface area (Å²) in [6.07, 6.45) is 8.76. The SMILES string of the molecule is COCC(C)NC1CCC(Nc2cc(-c3cc(NCC4(C#N)CC4)cnc3Cl)c(F)cn2)CC1. The molecule has 0 spiro atoms. The standard InChI is InChI=1S/C25H32ClFN6O/c1-16(13-34-2)32-17-3-5-18(6-4-17)33-23-10-20(22(27)12-29-23)21-9-19(11-30-24(21)26)31-15-25(14-28)7-8-25/h9-12,16-18,31-32H,3-8,13,15H2,1-2H3,(H,29,33). The minimum Gasteiger partial charge on any atom is -0.383 e. The number of pyridine rings is 2. The molecule has 0 aromatic carbocycles. The smallest absolute Gasteiger partial charge is 0.149 e. The molecular weight excluding hydrogens is 455 g/mol. The number of nitriles is 1. The fourth-order valence-corrected chi connectivity index (χ4v) is 4.73. The van der Waals surface area contributed by atoms with Gasteiger partial charge >= 0.3 is 0 Å². The fourth-order valence-electron chi connectivity index (χ4n) is 4.52. The maximum Gasteiger partial charge on any atom is 0.149 e. The third-order valence-corrected chi connectivity index (χ3v) is 7.02. The summed E-state index contributed by atoms with van der Waals surface area (Å²) in [6, 6.07) is 6.93. The van der Waals surface area contributed by atoms with Gasteiger partial charge < -0.3 is 20.7 Å². The Balaban J connectivity index is 1.41. The molecule has 3 N–H and O–H groups in total. The third-order valence-electron chi connectivity index (χ3n) is 6.72. The van der Waals surface area contributed by atoms with E-state index in [1.807, 2.05) is 0 Å². The minimum absolute atomic E-state index is 0.222. The van der Waals surface area contributed by atoms with Gasteiger partial charge in [0.15, 0.2) is 0 Å². The van der Waals surface area contributed by atoms with Crippen molar-refractivity contribution in [1.82, 2.24) is 15.3 Å². The lowest BCUT2D eigenvalue weighted by Crippen LogP contribution is -2.42. The summed E-state index contributed by atoms with van der Waals surface area (Å²) in [5.41, 5.74) is 1.26. The van der Waals surface area contributed by atoms with E-state index in [1.54, 1.807) is 25.4 Å². The number of nitrogens with one attached hydrogen (secondary N) is 3. The highest BCUT2D eigenvalue weighted by Crippen LogP contribution is 2.45. The van der Waals surface area contributed by atoms with Gasteiger partial charge in [-0.05, 0) is 57.6 Å². The first-order valence-electron chi connectivity index (χ1n) is 11.9. The molecule has 0 radical (unpaired) electrons. The van der Waals surface area contributed by atoms with Crippen molar-refractivity contribution in [3.63, 3.8) is 0 Å². The van der Waals surface area contributed by atoms with Crippen LogP contribution >= 0.6 is 11.6 Å². The normalized spacial score (nSPS) is 22.0. The van der Waals surface area contributed by atoms with E-state index >= 15 is 0 Å². The molecule has 1 atom stereocenters. The quantitative estimate of drug-likeness (QED) is 0.407. The molecule has 2 fully saturated rings. The van der Waals surface area contributed by atoms with E-state index in [-0.39, 0.29) is 16.6 Å². The number of anilines is 2. The van der Waals surface area contributed by atoms with E-state index in [9.17, 15) is 9.65 Å². The van der Waals surface area contributed by atoms with Crippen molar-refractivity contribution < 1.29 is 9.13 Å². The summed E-state index contributed by atoms with van der Waals surface area (Å²) in [5.74, 6) is 0.165. The van der Waals surface area contributed by atoms with Crippen molar-refractivity contribution in [2.45, 2.75) is 63.6 Å². The van der Waals surface area contributed by atoms with E-state index in [0.29, 0.717) is 47.9 Å². The van der Waals surface area contributed by atoms with Crippen molar-refractivity contribution in [2.24, 2.45) is 5.41 Å². The van der Waals surface area contributed by atoms with E-state index in [2.05, 4.69) is 38.9 Å². The number of ether oxygens (including phenoxy) is 1. The van der Waals surface area contributed by atoms with E-state index in [0.717, 1.165) is 38.5 Å². The molecule has 4 rings (SSSR count). The van der Waals surface area contributed by atoms with Gasteiger partial charge in [-0.25, -0.2) is 14.4 Å². The molecule has 34 heavy (non-hydrogen) atoms. The highest BCUT2D eigenvalue weighted by Gasteiger charge is 2.42. The number of halogens is 2. The summed E-state index contributed by atoms with van der Waals surface area (Å²) >= 11 is 6.34. The number of aromatic nitrogens is 2. The molecule has 1 unspecified atom stereocenters. The second-order valence-corrected chi connectivity index (χ2v) is 9.93. The van der Waals surface area contributed by atoms with Gasteiger partial charge in [-0.2, -0.15) is 5.26 Å². The molecular formula is C25H32ClFN6O. The van der Waals surface area contributed by atoms with Crippen molar-refractivity contribution >= 4 is 23.1 Å². The van der Waals surface area contributed by atoms with Gasteiger partial charge in [-0.1, -0.05) is 11.6 Å². The summed E-state index contributed by atoms with van der Waals surface area (Å²) in [6.45, 7) is 3.38. The molecule has 0 amide bonds. The maximum absolute atomic E-state index is 14.8. The summed E-state index contributed by atoms with van der Waals surface area (Å²) < 4.78 is 20.0. The first-order valence-corrected chi connectivity index (χ1v) is 12.3. The van der Waals surface area contributed by atoms with Gasteiger partial charge in [-0.15, -0.1) is 0 Å². The zero-order chi connectivity index (χ0) is 24.1. The highest BCUT2D eigenvalue weighted by atomic mass is 35.5. The Morgan fingerprint density at radius 3 is 2.59 bits per heavy atom. The molecule has 2 heterocycles. The van der Waals surface area contributed by atoms with Crippen LogP contribution in [0.25, 0.3) is 11.1 Å². The van der Waals surface area contributed by atoms with Crippen LogP contribution in [-0.4, -0.2) is 48.4 Å². The Morgan fingerprint density at radius 2 is 1.91 bits per heavy atom. The molecule has 0 saturated heterocycles. The Kier molecular flexibility index (Phi) is 7.87. The molecule has 2 aromatic heterocycles. The van der Waals surface area contributed by atoms with Gasteiger partial charge in [0.05, 0.1) is 36.2 Å². The lowest BCUT2D eigenvalue weighted by Gasteiger charge is -2.31. The lowest BCUT2D eigenvalue weighted by molar-refractivity contribution is 0.161. The Hall–Kier alpha value is -2.47. The average molecular weight is 487 g/mol. The second-order valence-electron chi connectivity index (χ2n) is 9.57. The molecule has 9 heteroatoms. The van der Waals surface area contributed by atoms with Crippen molar-refractivity contribution in [3.05, 3.63) is 35.5 Å². The van der Waals surface area contributed by atoms with Crippen LogP contribution in [0.15, 0.2) is 24.5 Å². The molecule has 7 nitrogen and oxygen atoms in total. The first kappa shape index (κ1) is 24.6. The van der Waals surface area contributed by atoms with Gasteiger partial charge in [0.25, 0.3) is 0 Å². The monoisotopic (exact) mass is 486 g/mol. The van der Waals surface area contributed by atoms with Crippen LogP contribution in [0.2, 0.25) is 5.15 Å². The third kappa shape index (κ3) is 6.15. The Labute approximate surface area is 205 Å². The van der Waals surface area contributed by atoms with Crippen LogP contribution in [0.3, 0.4) is 0 Å². The van der Waals surface area contributed by atoms with Crippen LogP contribution in [0, 0.1) is 22.6 Å². The van der Waals surface area contributed by atoms with E-state index in [4.69, 9.17) is 16.3 Å². The van der Waals surface area contributed by atoms with Crippen LogP contribution < -0.4 is 16.0 Å². The van der Waals surface area contributed by atoms with Crippen molar-refractivity contribution in [2.75, 3.05) is 30.9 Å². The number of nitrogens with zero attached hydrogens (tertiary/aromatic N) is 3. The predicted molar refractivity (Wildman–Crippen MR) is 132 cm³/mol. The number of methoxy groups -OCH3 is 1. The summed E-state index contributed by atoms with van der Waals surface area (Å²) in [4.78, 5) is 8.49.